The van der Waals surface area contributed by atoms with Crippen molar-refractivity contribution in [1.29, 1.82) is 0 Å². The summed E-state index contributed by atoms with van der Waals surface area (Å²) < 4.78 is 8.00. The zero-order chi connectivity index (χ0) is 17.3. The van der Waals surface area contributed by atoms with E-state index in [-0.39, 0.29) is 28.6 Å². The van der Waals surface area contributed by atoms with E-state index >= 15 is 0 Å². The molecule has 10 heteroatoms. The highest BCUT2D eigenvalue weighted by Crippen LogP contribution is 2.21. The minimum absolute atomic E-state index is 0.0846. The third-order valence-electron chi connectivity index (χ3n) is 3.13. The molecule has 0 aliphatic carbocycles. The number of halogens is 2. The Morgan fingerprint density at radius 3 is 2.88 bits per heavy atom. The largest absolute Gasteiger partial charge is 0.447 e. The van der Waals surface area contributed by atoms with E-state index in [9.17, 15) is 4.79 Å². The molecule has 0 unspecified atom stereocenters. The number of furan rings is 1. The second-order valence-corrected chi connectivity index (χ2v) is 5.98. The van der Waals surface area contributed by atoms with Gasteiger partial charge in [0.1, 0.15) is 6.54 Å². The van der Waals surface area contributed by atoms with Gasteiger partial charge in [0.2, 0.25) is 16.6 Å². The summed E-state index contributed by atoms with van der Waals surface area (Å²) in [5, 5.41) is 4.78. The van der Waals surface area contributed by atoms with Gasteiger partial charge in [-0.2, -0.15) is 4.68 Å². The molecule has 24 heavy (non-hydrogen) atoms. The van der Waals surface area contributed by atoms with Crippen LogP contribution in [0.3, 0.4) is 0 Å². The number of nitrogen functional groups attached to an aromatic ring is 1. The van der Waals surface area contributed by atoms with Crippen LogP contribution in [0.25, 0.3) is 0 Å². The van der Waals surface area contributed by atoms with Gasteiger partial charge in [-0.15, -0.1) is 5.10 Å². The van der Waals surface area contributed by atoms with Crippen molar-refractivity contribution < 1.29 is 9.21 Å². The van der Waals surface area contributed by atoms with Gasteiger partial charge in [0.15, 0.2) is 5.78 Å². The molecule has 3 aromatic rings. The summed E-state index contributed by atoms with van der Waals surface area (Å²) in [6.07, 6.45) is 1.50. The number of hydrogen-bond acceptors (Lipinski definition) is 6. The molecule has 0 amide bonds. The minimum Gasteiger partial charge on any atom is -0.447 e. The molecule has 0 radical (unpaired) electrons. The van der Waals surface area contributed by atoms with Gasteiger partial charge < -0.3 is 10.2 Å². The number of carbonyl (C=O) groups excluding carboxylic acids is 1. The standard InChI is InChI=1S/C14H11Cl2N5O2S/c15-8-3-4-10(16)9(6-8)11(22)7-20-14(24)21(13(17)19-20)18-12-2-1-5-23-12/h1-6,18H,7H2,(H2,17,19). The van der Waals surface area contributed by atoms with Crippen LogP contribution in [0.15, 0.2) is 41.0 Å². The third-order valence-corrected chi connectivity index (χ3v) is 4.09. The Kier molecular flexibility index (Phi) is 4.61. The second kappa shape index (κ2) is 6.68. The first-order chi connectivity index (χ1) is 11.5. The molecule has 0 bridgehead atoms. The van der Waals surface area contributed by atoms with Crippen LogP contribution in [0.1, 0.15) is 10.4 Å². The number of nitrogens with zero attached hydrogens (tertiary/aromatic N) is 3. The molecule has 3 rings (SSSR count). The van der Waals surface area contributed by atoms with Gasteiger partial charge in [0, 0.05) is 16.7 Å². The molecule has 0 aliphatic heterocycles. The zero-order valence-corrected chi connectivity index (χ0v) is 14.4. The van der Waals surface area contributed by atoms with E-state index in [0.717, 1.165) is 0 Å². The van der Waals surface area contributed by atoms with Gasteiger partial charge in [-0.3, -0.25) is 10.2 Å². The monoisotopic (exact) mass is 383 g/mol. The number of anilines is 2. The fourth-order valence-electron chi connectivity index (χ4n) is 2.02. The Hall–Kier alpha value is -2.29. The summed E-state index contributed by atoms with van der Waals surface area (Å²) in [5.41, 5.74) is 8.97. The lowest BCUT2D eigenvalue weighted by molar-refractivity contribution is 0.0967. The van der Waals surface area contributed by atoms with Crippen LogP contribution < -0.4 is 11.2 Å². The Labute approximate surface area is 151 Å². The Morgan fingerprint density at radius 2 is 2.17 bits per heavy atom. The number of hydrogen-bond donors (Lipinski definition) is 2. The minimum atomic E-state index is -0.291. The molecule has 1 aromatic carbocycles. The van der Waals surface area contributed by atoms with Gasteiger partial charge in [0.25, 0.3) is 0 Å². The van der Waals surface area contributed by atoms with Crippen molar-refractivity contribution in [2.45, 2.75) is 6.54 Å². The van der Waals surface area contributed by atoms with Gasteiger partial charge in [-0.25, -0.2) is 4.68 Å². The first-order valence-corrected chi connectivity index (χ1v) is 7.86. The van der Waals surface area contributed by atoms with E-state index < -0.39 is 0 Å². The maximum Gasteiger partial charge on any atom is 0.240 e. The number of ketones is 1. The maximum atomic E-state index is 12.4. The van der Waals surface area contributed by atoms with E-state index in [2.05, 4.69) is 10.5 Å². The average molecular weight is 384 g/mol. The van der Waals surface area contributed by atoms with Crippen molar-refractivity contribution in [2.75, 3.05) is 11.2 Å². The number of rotatable bonds is 5. The highest BCUT2D eigenvalue weighted by molar-refractivity contribution is 7.71. The number of nitrogens with two attached hydrogens (primary N) is 1. The van der Waals surface area contributed by atoms with E-state index in [1.807, 2.05) is 0 Å². The molecule has 0 spiro atoms. The fourth-order valence-corrected chi connectivity index (χ4v) is 2.66. The third kappa shape index (κ3) is 3.30. The topological polar surface area (TPSA) is 91.0 Å². The van der Waals surface area contributed by atoms with E-state index in [4.69, 9.17) is 45.6 Å². The fraction of sp³-hybridized carbons (Fsp3) is 0.0714. The number of carbonyl (C=O) groups is 1. The molecule has 124 valence electrons. The smallest absolute Gasteiger partial charge is 0.240 e. The van der Waals surface area contributed by atoms with E-state index in [1.54, 1.807) is 24.3 Å². The average Bonchev–Trinajstić information content (AvgIpc) is 3.14. The Bertz CT molecular complexity index is 949. The Balaban J connectivity index is 1.87. The van der Waals surface area contributed by atoms with Crippen LogP contribution in [-0.4, -0.2) is 20.2 Å². The predicted octanol–water partition coefficient (Wildman–Crippen LogP) is 3.65. The molecule has 7 nitrogen and oxygen atoms in total. The molecule has 2 aromatic heterocycles. The summed E-state index contributed by atoms with van der Waals surface area (Å²) in [5.74, 6) is 0.226. The van der Waals surface area contributed by atoms with Crippen molar-refractivity contribution in [3.8, 4) is 0 Å². The van der Waals surface area contributed by atoms with E-state index in [0.29, 0.717) is 15.9 Å². The summed E-state index contributed by atoms with van der Waals surface area (Å²) in [6.45, 7) is -0.129. The number of benzene rings is 1. The lowest BCUT2D eigenvalue weighted by atomic mass is 10.1. The molecule has 0 fully saturated rings. The highest BCUT2D eigenvalue weighted by Gasteiger charge is 2.16. The maximum absolute atomic E-state index is 12.4. The molecule has 0 saturated heterocycles. The van der Waals surface area contributed by atoms with Crippen molar-refractivity contribution in [1.82, 2.24) is 14.5 Å². The quantitative estimate of drug-likeness (QED) is 0.516. The lowest BCUT2D eigenvalue weighted by Gasteiger charge is -2.05. The van der Waals surface area contributed by atoms with Crippen LogP contribution in [-0.2, 0) is 6.54 Å². The number of aromatic nitrogens is 3. The van der Waals surface area contributed by atoms with Gasteiger partial charge >= 0.3 is 0 Å². The number of nitrogens with one attached hydrogen (secondary N) is 1. The van der Waals surface area contributed by atoms with Crippen LogP contribution >= 0.6 is 35.4 Å². The molecular weight excluding hydrogens is 373 g/mol. The molecule has 0 atom stereocenters. The summed E-state index contributed by atoms with van der Waals surface area (Å²) >= 11 is 17.2. The normalized spacial score (nSPS) is 10.8. The molecule has 0 saturated carbocycles. The van der Waals surface area contributed by atoms with Crippen LogP contribution in [0.2, 0.25) is 10.0 Å². The van der Waals surface area contributed by atoms with Crippen molar-refractivity contribution in [3.63, 3.8) is 0 Å². The predicted molar refractivity (Wildman–Crippen MR) is 94.0 cm³/mol. The van der Waals surface area contributed by atoms with E-state index in [1.165, 1.54) is 21.7 Å². The molecule has 2 heterocycles. The first kappa shape index (κ1) is 16.6. The molecular formula is C14H11Cl2N5O2S. The van der Waals surface area contributed by atoms with Crippen molar-refractivity contribution >= 4 is 53.0 Å². The Morgan fingerprint density at radius 1 is 1.38 bits per heavy atom. The summed E-state index contributed by atoms with van der Waals surface area (Å²) in [7, 11) is 0. The summed E-state index contributed by atoms with van der Waals surface area (Å²) in [4.78, 5) is 12.4. The van der Waals surface area contributed by atoms with Gasteiger partial charge in [-0.1, -0.05) is 23.2 Å². The SMILES string of the molecule is Nc1nn(CC(=O)c2cc(Cl)ccc2Cl)c(=S)n1Nc1ccco1. The highest BCUT2D eigenvalue weighted by atomic mass is 35.5. The molecule has 3 N–H and O–H groups in total. The molecule has 0 aliphatic rings. The van der Waals surface area contributed by atoms with Crippen LogP contribution in [0, 0.1) is 4.77 Å². The lowest BCUT2D eigenvalue weighted by Crippen LogP contribution is -2.14. The van der Waals surface area contributed by atoms with Crippen molar-refractivity contribution in [2.24, 2.45) is 0 Å². The summed E-state index contributed by atoms with van der Waals surface area (Å²) in [6, 6.07) is 8.05. The van der Waals surface area contributed by atoms with Gasteiger partial charge in [0.05, 0.1) is 11.3 Å². The first-order valence-electron chi connectivity index (χ1n) is 6.70. The second-order valence-electron chi connectivity index (χ2n) is 4.77. The van der Waals surface area contributed by atoms with Crippen molar-refractivity contribution in [3.05, 3.63) is 57.0 Å². The van der Waals surface area contributed by atoms with Gasteiger partial charge in [-0.05, 0) is 36.5 Å². The van der Waals surface area contributed by atoms with Crippen LogP contribution in [0.4, 0.5) is 11.8 Å². The zero-order valence-electron chi connectivity index (χ0n) is 12.1. The number of Topliss-reactive ketones (excluding diaryl/α,β-unsaturated/α-hetero) is 1. The van der Waals surface area contributed by atoms with Crippen LogP contribution in [0.5, 0.6) is 0 Å².